The molecule has 2 aromatic carbocycles. The molecule has 0 saturated carbocycles. The van der Waals surface area contributed by atoms with Crippen LogP contribution in [0.2, 0.25) is 0 Å². The topological polar surface area (TPSA) is 100.0 Å². The molecule has 0 bridgehead atoms. The van der Waals surface area contributed by atoms with Crippen LogP contribution >= 0.6 is 0 Å². The molecule has 2 amide bonds. The molecule has 0 radical (unpaired) electrons. The molecule has 0 aliphatic carbocycles. The Kier molecular flexibility index (Phi) is 4.50. The molecule has 1 atom stereocenters. The van der Waals surface area contributed by atoms with Crippen molar-refractivity contribution in [3.63, 3.8) is 0 Å². The number of hydrazine groups is 2. The summed E-state index contributed by atoms with van der Waals surface area (Å²) in [6.45, 7) is 0. The fourth-order valence-electron chi connectivity index (χ4n) is 2.47. The Labute approximate surface area is 143 Å². The molecule has 130 valence electrons. The van der Waals surface area contributed by atoms with E-state index in [2.05, 4.69) is 10.9 Å². The van der Waals surface area contributed by atoms with E-state index >= 15 is 0 Å². The van der Waals surface area contributed by atoms with Gasteiger partial charge in [-0.25, -0.2) is 20.7 Å². The number of urea groups is 1. The van der Waals surface area contributed by atoms with E-state index in [0.717, 1.165) is 11.3 Å². The number of amides is 2. The first-order valence-electron chi connectivity index (χ1n) is 7.48. The van der Waals surface area contributed by atoms with E-state index in [1.807, 2.05) is 24.3 Å². The normalized spacial score (nSPS) is 17.5. The molecule has 2 N–H and O–H groups in total. The van der Waals surface area contributed by atoms with E-state index in [9.17, 15) is 14.9 Å². The van der Waals surface area contributed by atoms with E-state index in [1.165, 1.54) is 34.3 Å². The monoisotopic (exact) mass is 343 g/mol. The van der Waals surface area contributed by atoms with Gasteiger partial charge >= 0.3 is 6.03 Å². The van der Waals surface area contributed by atoms with Crippen LogP contribution in [-0.4, -0.2) is 30.1 Å². The Morgan fingerprint density at radius 3 is 2.28 bits per heavy atom. The molecular weight excluding hydrogens is 326 g/mol. The zero-order valence-electron chi connectivity index (χ0n) is 13.7. The number of non-ortho nitro benzene ring substituents is 1. The molecule has 3 rings (SSSR count). The highest BCUT2D eigenvalue weighted by atomic mass is 16.6. The Morgan fingerprint density at radius 1 is 1.08 bits per heavy atom. The van der Waals surface area contributed by atoms with E-state index < -0.39 is 4.92 Å². The first-order chi connectivity index (χ1) is 12.0. The van der Waals surface area contributed by atoms with Gasteiger partial charge in [-0.2, -0.15) is 0 Å². The summed E-state index contributed by atoms with van der Waals surface area (Å²) in [4.78, 5) is 22.7. The van der Waals surface area contributed by atoms with E-state index in [4.69, 9.17) is 4.74 Å². The maximum absolute atomic E-state index is 12.4. The van der Waals surface area contributed by atoms with Gasteiger partial charge in [0.05, 0.1) is 17.7 Å². The molecule has 1 heterocycles. The SMILES string of the molecule is COc1ccc(C2NN(C)C(=O)N(c3ccc([N+](=O)[O-])cc3)N2)cc1. The van der Waals surface area contributed by atoms with Gasteiger partial charge < -0.3 is 4.74 Å². The van der Waals surface area contributed by atoms with Crippen LogP contribution in [0.25, 0.3) is 0 Å². The standard InChI is InChI=1S/C16H17N5O4/c1-19-16(22)20(12-5-7-13(8-6-12)21(23)24)18-15(17-19)11-3-9-14(25-2)10-4-11/h3-10,15,17-18H,1-2H3. The number of nitro benzene ring substituents is 1. The molecule has 1 aliphatic heterocycles. The second kappa shape index (κ2) is 6.75. The average Bonchev–Trinajstić information content (AvgIpc) is 2.64. The van der Waals surface area contributed by atoms with Crippen molar-refractivity contribution in [1.29, 1.82) is 0 Å². The van der Waals surface area contributed by atoms with Crippen molar-refractivity contribution in [2.75, 3.05) is 19.2 Å². The lowest BCUT2D eigenvalue weighted by Crippen LogP contribution is -2.64. The minimum Gasteiger partial charge on any atom is -0.497 e. The number of ether oxygens (including phenoxy) is 1. The first kappa shape index (κ1) is 16.7. The number of carbonyl (C=O) groups excluding carboxylic acids is 1. The van der Waals surface area contributed by atoms with Crippen LogP contribution in [0.4, 0.5) is 16.2 Å². The zero-order valence-corrected chi connectivity index (χ0v) is 13.7. The van der Waals surface area contributed by atoms with Gasteiger partial charge in [-0.15, -0.1) is 0 Å². The van der Waals surface area contributed by atoms with Gasteiger partial charge in [0.15, 0.2) is 0 Å². The molecule has 2 aromatic rings. The fraction of sp³-hybridized carbons (Fsp3) is 0.188. The van der Waals surface area contributed by atoms with Crippen molar-refractivity contribution in [3.8, 4) is 5.75 Å². The van der Waals surface area contributed by atoms with Gasteiger partial charge in [-0.3, -0.25) is 15.1 Å². The van der Waals surface area contributed by atoms with Crippen LogP contribution in [0.15, 0.2) is 48.5 Å². The van der Waals surface area contributed by atoms with Gasteiger partial charge in [0.1, 0.15) is 11.9 Å². The lowest BCUT2D eigenvalue weighted by molar-refractivity contribution is -0.384. The molecule has 1 aliphatic rings. The number of carbonyl (C=O) groups is 1. The maximum atomic E-state index is 12.4. The lowest BCUT2D eigenvalue weighted by atomic mass is 10.1. The number of benzene rings is 2. The third kappa shape index (κ3) is 3.37. The van der Waals surface area contributed by atoms with E-state index in [0.29, 0.717) is 5.69 Å². The number of methoxy groups -OCH3 is 1. The van der Waals surface area contributed by atoms with E-state index in [1.54, 1.807) is 14.2 Å². The Balaban J connectivity index is 1.85. The molecule has 9 heteroatoms. The van der Waals surface area contributed by atoms with Crippen molar-refractivity contribution in [2.45, 2.75) is 6.17 Å². The molecule has 25 heavy (non-hydrogen) atoms. The number of hydrogen-bond acceptors (Lipinski definition) is 6. The Morgan fingerprint density at radius 2 is 1.72 bits per heavy atom. The number of nitrogens with zero attached hydrogens (tertiary/aromatic N) is 3. The predicted molar refractivity (Wildman–Crippen MR) is 90.7 cm³/mol. The highest BCUT2D eigenvalue weighted by Gasteiger charge is 2.31. The summed E-state index contributed by atoms with van der Waals surface area (Å²) in [5.74, 6) is 0.733. The minimum absolute atomic E-state index is 0.0357. The summed E-state index contributed by atoms with van der Waals surface area (Å²) in [6, 6.07) is 12.8. The van der Waals surface area contributed by atoms with Crippen molar-refractivity contribution < 1.29 is 14.5 Å². The highest BCUT2D eigenvalue weighted by Crippen LogP contribution is 2.24. The van der Waals surface area contributed by atoms with Crippen LogP contribution in [0.3, 0.4) is 0 Å². The quantitative estimate of drug-likeness (QED) is 0.652. The molecule has 1 fully saturated rings. The van der Waals surface area contributed by atoms with Crippen LogP contribution < -0.4 is 20.6 Å². The van der Waals surface area contributed by atoms with Crippen molar-refractivity contribution in [1.82, 2.24) is 15.9 Å². The number of anilines is 1. The minimum atomic E-state index is -0.483. The average molecular weight is 343 g/mol. The van der Waals surface area contributed by atoms with Gasteiger partial charge in [0.25, 0.3) is 5.69 Å². The third-order valence-electron chi connectivity index (χ3n) is 3.83. The number of nitrogens with one attached hydrogen (secondary N) is 2. The molecule has 9 nitrogen and oxygen atoms in total. The van der Waals surface area contributed by atoms with Gasteiger partial charge in [-0.05, 0) is 29.8 Å². The summed E-state index contributed by atoms with van der Waals surface area (Å²) in [7, 11) is 3.20. The summed E-state index contributed by atoms with van der Waals surface area (Å²) < 4.78 is 5.14. The molecule has 1 unspecified atom stereocenters. The maximum Gasteiger partial charge on any atom is 0.353 e. The number of rotatable bonds is 4. The van der Waals surface area contributed by atoms with E-state index in [-0.39, 0.29) is 17.9 Å². The largest absolute Gasteiger partial charge is 0.497 e. The van der Waals surface area contributed by atoms with Gasteiger partial charge in [0.2, 0.25) is 0 Å². The second-order valence-corrected chi connectivity index (χ2v) is 5.41. The smallest absolute Gasteiger partial charge is 0.353 e. The zero-order chi connectivity index (χ0) is 18.0. The van der Waals surface area contributed by atoms with Crippen molar-refractivity contribution >= 4 is 17.4 Å². The predicted octanol–water partition coefficient (Wildman–Crippen LogP) is 2.18. The van der Waals surface area contributed by atoms with Crippen LogP contribution in [0, 0.1) is 10.1 Å². The van der Waals surface area contributed by atoms with Crippen LogP contribution in [-0.2, 0) is 0 Å². The second-order valence-electron chi connectivity index (χ2n) is 5.41. The number of nitro groups is 1. The van der Waals surface area contributed by atoms with Crippen molar-refractivity contribution in [2.24, 2.45) is 0 Å². The van der Waals surface area contributed by atoms with Crippen LogP contribution in [0.1, 0.15) is 11.7 Å². The first-order valence-corrected chi connectivity index (χ1v) is 7.48. The Hall–Kier alpha value is -3.17. The Bertz CT molecular complexity index is 778. The van der Waals surface area contributed by atoms with Crippen molar-refractivity contribution in [3.05, 3.63) is 64.2 Å². The molecule has 0 spiro atoms. The molecular formula is C16H17N5O4. The number of hydrogen-bond donors (Lipinski definition) is 2. The van der Waals surface area contributed by atoms with Gasteiger partial charge in [-0.1, -0.05) is 12.1 Å². The third-order valence-corrected chi connectivity index (χ3v) is 3.83. The molecule has 0 aromatic heterocycles. The van der Waals surface area contributed by atoms with Crippen LogP contribution in [0.5, 0.6) is 5.75 Å². The van der Waals surface area contributed by atoms with Gasteiger partial charge in [0, 0.05) is 19.2 Å². The lowest BCUT2D eigenvalue weighted by Gasteiger charge is -2.39. The summed E-state index contributed by atoms with van der Waals surface area (Å²) in [5, 5.41) is 13.5. The highest BCUT2D eigenvalue weighted by molar-refractivity contribution is 5.91. The summed E-state index contributed by atoms with van der Waals surface area (Å²) in [6.07, 6.45) is -0.358. The summed E-state index contributed by atoms with van der Waals surface area (Å²) in [5.41, 5.74) is 7.47. The summed E-state index contributed by atoms with van der Waals surface area (Å²) >= 11 is 0. The fourth-order valence-corrected chi connectivity index (χ4v) is 2.47. The molecule has 1 saturated heterocycles.